The predicted octanol–water partition coefficient (Wildman–Crippen LogP) is 2.95. The molecular formula is C16H19FN2O2. The second-order valence-corrected chi connectivity index (χ2v) is 4.56. The lowest BCUT2D eigenvalue weighted by atomic mass is 10.1. The van der Waals surface area contributed by atoms with Crippen LogP contribution in [0.15, 0.2) is 42.5 Å². The van der Waals surface area contributed by atoms with Crippen molar-refractivity contribution in [2.24, 2.45) is 5.73 Å². The van der Waals surface area contributed by atoms with Crippen molar-refractivity contribution in [2.45, 2.75) is 6.04 Å². The van der Waals surface area contributed by atoms with Crippen LogP contribution in [0.4, 0.5) is 10.1 Å². The Morgan fingerprint density at radius 1 is 1.10 bits per heavy atom. The van der Waals surface area contributed by atoms with Crippen LogP contribution in [-0.4, -0.2) is 20.8 Å². The molecule has 0 bridgehead atoms. The van der Waals surface area contributed by atoms with Crippen LogP contribution in [0.5, 0.6) is 11.5 Å². The van der Waals surface area contributed by atoms with E-state index in [1.54, 1.807) is 38.5 Å². The number of nitrogens with one attached hydrogen (secondary N) is 1. The van der Waals surface area contributed by atoms with E-state index in [0.717, 1.165) is 5.56 Å². The highest BCUT2D eigenvalue weighted by atomic mass is 19.1. The van der Waals surface area contributed by atoms with Crippen molar-refractivity contribution in [2.75, 3.05) is 26.1 Å². The van der Waals surface area contributed by atoms with Crippen molar-refractivity contribution in [1.82, 2.24) is 0 Å². The van der Waals surface area contributed by atoms with Crippen molar-refractivity contribution in [3.05, 3.63) is 53.8 Å². The second kappa shape index (κ2) is 6.95. The molecular weight excluding hydrogens is 271 g/mol. The summed E-state index contributed by atoms with van der Waals surface area (Å²) in [5, 5.41) is 3.10. The van der Waals surface area contributed by atoms with Gasteiger partial charge in [0.05, 0.1) is 25.9 Å². The number of nitrogens with two attached hydrogens (primary N) is 1. The van der Waals surface area contributed by atoms with Crippen LogP contribution in [0.1, 0.15) is 11.6 Å². The lowest BCUT2D eigenvalue weighted by Gasteiger charge is -2.20. The van der Waals surface area contributed by atoms with Gasteiger partial charge in [0.2, 0.25) is 0 Å². The van der Waals surface area contributed by atoms with Crippen molar-refractivity contribution >= 4 is 5.69 Å². The zero-order chi connectivity index (χ0) is 15.2. The summed E-state index contributed by atoms with van der Waals surface area (Å²) in [6, 6.07) is 11.7. The minimum atomic E-state index is -0.314. The van der Waals surface area contributed by atoms with Crippen LogP contribution >= 0.6 is 0 Å². The zero-order valence-corrected chi connectivity index (χ0v) is 12.1. The van der Waals surface area contributed by atoms with E-state index in [0.29, 0.717) is 23.7 Å². The van der Waals surface area contributed by atoms with Gasteiger partial charge in [-0.3, -0.25) is 0 Å². The van der Waals surface area contributed by atoms with E-state index in [9.17, 15) is 4.39 Å². The molecule has 0 fully saturated rings. The minimum Gasteiger partial charge on any atom is -0.497 e. The van der Waals surface area contributed by atoms with Gasteiger partial charge in [0.1, 0.15) is 17.3 Å². The second-order valence-electron chi connectivity index (χ2n) is 4.56. The average molecular weight is 290 g/mol. The normalized spacial score (nSPS) is 11.8. The van der Waals surface area contributed by atoms with Gasteiger partial charge in [-0.1, -0.05) is 12.1 Å². The number of methoxy groups -OCH3 is 2. The fourth-order valence-corrected chi connectivity index (χ4v) is 2.07. The molecule has 2 aromatic carbocycles. The van der Waals surface area contributed by atoms with Crippen molar-refractivity contribution in [3.8, 4) is 11.5 Å². The molecule has 5 heteroatoms. The van der Waals surface area contributed by atoms with Gasteiger partial charge in [-0.05, 0) is 29.8 Å². The molecule has 1 unspecified atom stereocenters. The van der Waals surface area contributed by atoms with Crippen LogP contribution in [0.25, 0.3) is 0 Å². The Morgan fingerprint density at radius 3 is 2.24 bits per heavy atom. The number of hydrogen-bond acceptors (Lipinski definition) is 4. The molecule has 2 rings (SSSR count). The first kappa shape index (κ1) is 15.1. The molecule has 3 N–H and O–H groups in total. The lowest BCUT2D eigenvalue weighted by molar-refractivity contribution is 0.393. The van der Waals surface area contributed by atoms with Gasteiger partial charge in [0.25, 0.3) is 0 Å². The van der Waals surface area contributed by atoms with Crippen LogP contribution in [0.3, 0.4) is 0 Å². The number of para-hydroxylation sites is 1. The Balaban J connectivity index is 2.31. The highest BCUT2D eigenvalue weighted by Crippen LogP contribution is 2.28. The lowest BCUT2D eigenvalue weighted by Crippen LogP contribution is -2.21. The summed E-state index contributed by atoms with van der Waals surface area (Å²) in [7, 11) is 3.17. The number of rotatable bonds is 6. The fourth-order valence-electron chi connectivity index (χ4n) is 2.07. The molecule has 0 aliphatic carbocycles. The Hall–Kier alpha value is -2.27. The molecule has 4 nitrogen and oxygen atoms in total. The number of halogens is 1. The number of hydrogen-bond donors (Lipinski definition) is 2. The Kier molecular flexibility index (Phi) is 5.00. The molecule has 0 spiro atoms. The molecule has 0 radical (unpaired) electrons. The van der Waals surface area contributed by atoms with Gasteiger partial charge in [0, 0.05) is 12.6 Å². The summed E-state index contributed by atoms with van der Waals surface area (Å²) >= 11 is 0. The molecule has 0 heterocycles. The van der Waals surface area contributed by atoms with Crippen molar-refractivity contribution in [3.63, 3.8) is 0 Å². The molecule has 0 aliphatic rings. The van der Waals surface area contributed by atoms with Crippen LogP contribution < -0.4 is 20.5 Å². The van der Waals surface area contributed by atoms with Gasteiger partial charge in [0.15, 0.2) is 0 Å². The van der Waals surface area contributed by atoms with Gasteiger partial charge in [-0.15, -0.1) is 0 Å². The van der Waals surface area contributed by atoms with Crippen molar-refractivity contribution in [1.29, 1.82) is 0 Å². The van der Waals surface area contributed by atoms with Gasteiger partial charge < -0.3 is 20.5 Å². The van der Waals surface area contributed by atoms with Crippen LogP contribution in [-0.2, 0) is 0 Å². The van der Waals surface area contributed by atoms with E-state index >= 15 is 0 Å². The summed E-state index contributed by atoms with van der Waals surface area (Å²) in [5.41, 5.74) is 7.10. The van der Waals surface area contributed by atoms with E-state index in [1.165, 1.54) is 6.07 Å². The first-order valence-corrected chi connectivity index (χ1v) is 6.62. The fraction of sp³-hybridized carbons (Fsp3) is 0.250. The first-order chi connectivity index (χ1) is 10.2. The molecule has 2 aromatic rings. The Bertz CT molecular complexity index is 582. The maximum absolute atomic E-state index is 13.7. The molecule has 0 amide bonds. The largest absolute Gasteiger partial charge is 0.497 e. The maximum Gasteiger partial charge on any atom is 0.146 e. The summed E-state index contributed by atoms with van der Waals surface area (Å²) < 4.78 is 24.2. The standard InChI is InChI=1S/C16H19FN2O2/c1-20-12-7-11(8-13(9-12)21-2)16(10-18)19-15-6-4-3-5-14(15)17/h3-9,16,19H,10,18H2,1-2H3. The molecule has 0 aromatic heterocycles. The Morgan fingerprint density at radius 2 is 1.71 bits per heavy atom. The van der Waals surface area contributed by atoms with Gasteiger partial charge in [-0.2, -0.15) is 0 Å². The summed E-state index contributed by atoms with van der Waals surface area (Å²) in [4.78, 5) is 0. The molecule has 1 atom stereocenters. The smallest absolute Gasteiger partial charge is 0.146 e. The predicted molar refractivity (Wildman–Crippen MR) is 81.4 cm³/mol. The molecule has 0 saturated heterocycles. The molecule has 0 aliphatic heterocycles. The van der Waals surface area contributed by atoms with E-state index < -0.39 is 0 Å². The summed E-state index contributed by atoms with van der Waals surface area (Å²) in [5.74, 6) is 1.02. The zero-order valence-electron chi connectivity index (χ0n) is 12.1. The van der Waals surface area contributed by atoms with E-state index in [1.807, 2.05) is 12.1 Å². The van der Waals surface area contributed by atoms with E-state index in [4.69, 9.17) is 15.2 Å². The molecule has 0 saturated carbocycles. The van der Waals surface area contributed by atoms with Gasteiger partial charge in [-0.25, -0.2) is 4.39 Å². The topological polar surface area (TPSA) is 56.5 Å². The molecule has 112 valence electrons. The number of benzene rings is 2. The Labute approximate surface area is 123 Å². The third kappa shape index (κ3) is 3.64. The quantitative estimate of drug-likeness (QED) is 0.859. The molecule has 21 heavy (non-hydrogen) atoms. The average Bonchev–Trinajstić information content (AvgIpc) is 2.53. The van der Waals surface area contributed by atoms with Crippen LogP contribution in [0.2, 0.25) is 0 Å². The SMILES string of the molecule is COc1cc(OC)cc(C(CN)Nc2ccccc2F)c1. The number of anilines is 1. The van der Waals surface area contributed by atoms with E-state index in [-0.39, 0.29) is 11.9 Å². The number of ether oxygens (including phenoxy) is 2. The first-order valence-electron chi connectivity index (χ1n) is 6.62. The summed E-state index contributed by atoms with van der Waals surface area (Å²) in [6.45, 7) is 0.310. The van der Waals surface area contributed by atoms with Crippen molar-refractivity contribution < 1.29 is 13.9 Å². The third-order valence-electron chi connectivity index (χ3n) is 3.22. The van der Waals surface area contributed by atoms with Crippen LogP contribution in [0, 0.1) is 5.82 Å². The highest BCUT2D eigenvalue weighted by molar-refractivity contribution is 5.49. The summed E-state index contributed by atoms with van der Waals surface area (Å²) in [6.07, 6.45) is 0. The van der Waals surface area contributed by atoms with Gasteiger partial charge >= 0.3 is 0 Å². The monoisotopic (exact) mass is 290 g/mol. The van der Waals surface area contributed by atoms with E-state index in [2.05, 4.69) is 5.32 Å². The minimum absolute atomic E-state index is 0.245. The maximum atomic E-state index is 13.7. The highest BCUT2D eigenvalue weighted by Gasteiger charge is 2.14. The third-order valence-corrected chi connectivity index (χ3v) is 3.22.